The molecule has 3 N–H and O–H groups in total. The van der Waals surface area contributed by atoms with Crippen molar-refractivity contribution in [2.45, 2.75) is 32.2 Å². The summed E-state index contributed by atoms with van der Waals surface area (Å²) in [5.74, 6) is 0.963. The smallest absolute Gasteiger partial charge is 0.143 e. The van der Waals surface area contributed by atoms with Crippen molar-refractivity contribution in [2.75, 3.05) is 11.9 Å². The fraction of sp³-hybridized carbons (Fsp3) is 0.667. The fourth-order valence-electron chi connectivity index (χ4n) is 1.93. The van der Waals surface area contributed by atoms with Gasteiger partial charge in [-0.1, -0.05) is 0 Å². The second-order valence-corrected chi connectivity index (χ2v) is 3.85. The highest BCUT2D eigenvalue weighted by molar-refractivity contribution is 5.46. The molecule has 5 heteroatoms. The van der Waals surface area contributed by atoms with Gasteiger partial charge in [-0.25, -0.2) is 4.68 Å². The van der Waals surface area contributed by atoms with E-state index in [4.69, 9.17) is 5.73 Å². The van der Waals surface area contributed by atoms with Crippen molar-refractivity contribution in [1.82, 2.24) is 9.78 Å². The van der Waals surface area contributed by atoms with E-state index < -0.39 is 6.23 Å². The molecule has 0 bridgehead atoms. The van der Waals surface area contributed by atoms with Crippen LogP contribution in [-0.4, -0.2) is 34.2 Å². The summed E-state index contributed by atoms with van der Waals surface area (Å²) in [7, 11) is 1.84. The van der Waals surface area contributed by atoms with Crippen molar-refractivity contribution in [3.05, 3.63) is 11.8 Å². The Labute approximate surface area is 83.1 Å². The monoisotopic (exact) mass is 196 g/mol. The maximum atomic E-state index is 9.88. The molecule has 1 aromatic rings. The van der Waals surface area contributed by atoms with Gasteiger partial charge in [-0.15, -0.1) is 0 Å². The van der Waals surface area contributed by atoms with Gasteiger partial charge in [0.05, 0.1) is 12.2 Å². The van der Waals surface area contributed by atoms with Gasteiger partial charge in [-0.3, -0.25) is 0 Å². The van der Waals surface area contributed by atoms with Gasteiger partial charge >= 0.3 is 0 Å². The minimum Gasteiger partial charge on any atom is -0.372 e. The molecule has 14 heavy (non-hydrogen) atoms. The van der Waals surface area contributed by atoms with Gasteiger partial charge in [0, 0.05) is 19.2 Å². The first kappa shape index (κ1) is 9.48. The molecule has 5 nitrogen and oxygen atoms in total. The van der Waals surface area contributed by atoms with E-state index in [-0.39, 0.29) is 6.04 Å². The third-order valence-corrected chi connectivity index (χ3v) is 2.78. The van der Waals surface area contributed by atoms with E-state index in [1.54, 1.807) is 4.90 Å². The van der Waals surface area contributed by atoms with E-state index in [9.17, 15) is 5.11 Å². The summed E-state index contributed by atoms with van der Waals surface area (Å²) in [5.41, 5.74) is 6.89. The molecule has 78 valence electrons. The van der Waals surface area contributed by atoms with Crippen molar-refractivity contribution in [1.29, 1.82) is 0 Å². The highest BCUT2D eigenvalue weighted by Crippen LogP contribution is 2.24. The van der Waals surface area contributed by atoms with E-state index in [0.717, 1.165) is 24.3 Å². The molecule has 2 rings (SSSR count). The number of fused-ring (bicyclic) bond motifs is 1. The van der Waals surface area contributed by atoms with Crippen LogP contribution < -0.4 is 10.6 Å². The minimum atomic E-state index is -0.619. The summed E-state index contributed by atoms with van der Waals surface area (Å²) in [6.07, 6.45) is 1.95. The lowest BCUT2D eigenvalue weighted by Gasteiger charge is -2.26. The van der Waals surface area contributed by atoms with Crippen molar-refractivity contribution in [3.63, 3.8) is 0 Å². The maximum absolute atomic E-state index is 9.88. The Balaban J connectivity index is 2.42. The quantitative estimate of drug-likeness (QED) is 0.596. The van der Waals surface area contributed by atoms with Gasteiger partial charge in [0.2, 0.25) is 0 Å². The van der Waals surface area contributed by atoms with Gasteiger partial charge in [-0.05, 0) is 13.3 Å². The molecule has 0 radical (unpaired) electrons. The van der Waals surface area contributed by atoms with E-state index in [2.05, 4.69) is 5.10 Å². The third kappa shape index (κ3) is 1.29. The van der Waals surface area contributed by atoms with E-state index in [0.29, 0.717) is 0 Å². The Morgan fingerprint density at radius 1 is 1.64 bits per heavy atom. The Hall–Kier alpha value is -1.07. The van der Waals surface area contributed by atoms with Gasteiger partial charge in [0.15, 0.2) is 0 Å². The number of aromatic nitrogens is 2. The van der Waals surface area contributed by atoms with Gasteiger partial charge in [0.1, 0.15) is 12.0 Å². The number of likely N-dealkylation sites (N-methyl/N-ethyl adjacent to an activating group) is 1. The number of rotatable bonds is 0. The first-order valence-corrected chi connectivity index (χ1v) is 4.80. The average molecular weight is 196 g/mol. The number of nitrogens with zero attached hydrogens (tertiary/aromatic N) is 3. The Bertz CT molecular complexity index is 336. The van der Waals surface area contributed by atoms with Gasteiger partial charge < -0.3 is 15.7 Å². The number of aliphatic hydroxyl groups is 1. The molecule has 0 saturated heterocycles. The standard InChI is InChI=1S/C9H16N4O/c1-6-5-11-13-4-3-7(10)9(14)12(2)8(6)13/h5,7,9,14H,3-4,10H2,1-2H3. The zero-order valence-electron chi connectivity index (χ0n) is 8.51. The molecular weight excluding hydrogens is 180 g/mol. The predicted octanol–water partition coefficient (Wildman–Crippen LogP) is -0.323. The molecule has 0 aliphatic carbocycles. The average Bonchev–Trinajstić information content (AvgIpc) is 2.49. The van der Waals surface area contributed by atoms with Crippen LogP contribution in [0.1, 0.15) is 12.0 Å². The number of hydrogen-bond acceptors (Lipinski definition) is 4. The SMILES string of the molecule is Cc1cnn2c1N(C)C(O)C(N)CC2. The lowest BCUT2D eigenvalue weighted by atomic mass is 10.2. The summed E-state index contributed by atoms with van der Waals surface area (Å²) in [5, 5.41) is 14.1. The molecule has 2 atom stereocenters. The summed E-state index contributed by atoms with van der Waals surface area (Å²) in [6, 6.07) is -0.207. The first-order valence-electron chi connectivity index (χ1n) is 4.80. The van der Waals surface area contributed by atoms with Crippen LogP contribution >= 0.6 is 0 Å². The summed E-state index contributed by atoms with van der Waals surface area (Å²) >= 11 is 0. The highest BCUT2D eigenvalue weighted by Gasteiger charge is 2.27. The van der Waals surface area contributed by atoms with Crippen LogP contribution in [0.3, 0.4) is 0 Å². The largest absolute Gasteiger partial charge is 0.372 e. The summed E-state index contributed by atoms with van der Waals surface area (Å²) in [4.78, 5) is 1.79. The van der Waals surface area contributed by atoms with Crippen LogP contribution in [0.2, 0.25) is 0 Å². The van der Waals surface area contributed by atoms with Crippen LogP contribution in [0.15, 0.2) is 6.20 Å². The van der Waals surface area contributed by atoms with E-state index in [1.165, 1.54) is 0 Å². The third-order valence-electron chi connectivity index (χ3n) is 2.78. The Kier molecular flexibility index (Phi) is 2.20. The van der Waals surface area contributed by atoms with Gasteiger partial charge in [-0.2, -0.15) is 5.10 Å². The van der Waals surface area contributed by atoms with E-state index in [1.807, 2.05) is 24.9 Å². The van der Waals surface area contributed by atoms with Crippen LogP contribution in [0.25, 0.3) is 0 Å². The molecule has 0 fully saturated rings. The molecular formula is C9H16N4O. The maximum Gasteiger partial charge on any atom is 0.143 e. The molecule has 2 unspecified atom stereocenters. The minimum absolute atomic E-state index is 0.207. The molecule has 2 heterocycles. The number of aryl methyl sites for hydroxylation is 2. The number of aliphatic hydroxyl groups excluding tert-OH is 1. The molecule has 1 aliphatic heterocycles. The number of anilines is 1. The van der Waals surface area contributed by atoms with Crippen LogP contribution in [0.5, 0.6) is 0 Å². The van der Waals surface area contributed by atoms with Crippen molar-refractivity contribution < 1.29 is 5.11 Å². The van der Waals surface area contributed by atoms with Crippen LogP contribution in [-0.2, 0) is 6.54 Å². The van der Waals surface area contributed by atoms with E-state index >= 15 is 0 Å². The highest BCUT2D eigenvalue weighted by atomic mass is 16.3. The van der Waals surface area contributed by atoms with Crippen molar-refractivity contribution in [3.8, 4) is 0 Å². The molecule has 0 amide bonds. The second-order valence-electron chi connectivity index (χ2n) is 3.85. The zero-order chi connectivity index (χ0) is 10.3. The topological polar surface area (TPSA) is 67.3 Å². The van der Waals surface area contributed by atoms with Crippen molar-refractivity contribution >= 4 is 5.82 Å². The lowest BCUT2D eigenvalue weighted by Crippen LogP contribution is -2.45. The van der Waals surface area contributed by atoms with Gasteiger partial charge in [0.25, 0.3) is 0 Å². The molecule has 1 aromatic heterocycles. The first-order chi connectivity index (χ1) is 6.61. The summed E-state index contributed by atoms with van der Waals surface area (Å²) < 4.78 is 1.89. The number of nitrogens with two attached hydrogens (primary N) is 1. The fourth-order valence-corrected chi connectivity index (χ4v) is 1.93. The zero-order valence-corrected chi connectivity index (χ0v) is 8.51. The molecule has 1 aliphatic rings. The van der Waals surface area contributed by atoms with Crippen molar-refractivity contribution in [2.24, 2.45) is 5.73 Å². The predicted molar refractivity (Wildman–Crippen MR) is 54.0 cm³/mol. The number of hydrogen-bond donors (Lipinski definition) is 2. The van der Waals surface area contributed by atoms with Crippen LogP contribution in [0, 0.1) is 6.92 Å². The normalized spacial score (nSPS) is 27.3. The molecule has 0 spiro atoms. The Morgan fingerprint density at radius 2 is 2.36 bits per heavy atom. The molecule has 0 saturated carbocycles. The van der Waals surface area contributed by atoms with Crippen LogP contribution in [0.4, 0.5) is 5.82 Å². The summed E-state index contributed by atoms with van der Waals surface area (Å²) in [6.45, 7) is 2.75. The molecule has 0 aromatic carbocycles. The second kappa shape index (κ2) is 3.25. The lowest BCUT2D eigenvalue weighted by molar-refractivity contribution is 0.143. The Morgan fingerprint density at radius 3 is 3.07 bits per heavy atom.